The van der Waals surface area contributed by atoms with Crippen LogP contribution in [0.3, 0.4) is 0 Å². The molecule has 0 spiro atoms. The van der Waals surface area contributed by atoms with Gasteiger partial charge in [0.05, 0.1) is 11.0 Å². The van der Waals surface area contributed by atoms with Crippen LogP contribution >= 0.6 is 0 Å². The van der Waals surface area contributed by atoms with E-state index in [-0.39, 0.29) is 40.7 Å². The van der Waals surface area contributed by atoms with Gasteiger partial charge in [0.25, 0.3) is 11.5 Å². The number of amides is 2. The summed E-state index contributed by atoms with van der Waals surface area (Å²) in [4.78, 5) is 47.1. The third-order valence-corrected chi connectivity index (χ3v) is 8.86. The SMILES string of the molecule is Cc1cc2[nH]c(=O)c3nnc(C4CCOCC4)n3c2cc1C(=O)N1CCCC2CN(Cc3ccc(F)cc3)C(=O)C21. The molecule has 0 saturated carbocycles. The molecule has 10 nitrogen and oxygen atoms in total. The molecule has 2 aromatic heterocycles. The minimum absolute atomic E-state index is 0.0439. The number of benzene rings is 2. The first-order valence-corrected chi connectivity index (χ1v) is 14.2. The summed E-state index contributed by atoms with van der Waals surface area (Å²) >= 11 is 0. The normalized spacial score (nSPS) is 21.7. The standard InChI is InChI=1S/C30H31FN6O4/c1-17-13-23-24(37-26(19-8-11-41-12-9-19)33-34-27(37)28(38)32-23)14-22(17)29(39)36-10-2-3-20-16-35(30(40)25(20)36)15-18-4-6-21(31)7-5-18/h4-7,13-14,19-20,25H,2-3,8-12,15-16H2,1H3,(H,32,38). The van der Waals surface area contributed by atoms with Crippen molar-refractivity contribution in [3.63, 3.8) is 0 Å². The Bertz CT molecular complexity index is 1730. The number of aromatic nitrogens is 4. The summed E-state index contributed by atoms with van der Waals surface area (Å²) < 4.78 is 20.7. The van der Waals surface area contributed by atoms with Gasteiger partial charge in [0.2, 0.25) is 11.6 Å². The van der Waals surface area contributed by atoms with Crippen molar-refractivity contribution in [2.24, 2.45) is 5.92 Å². The Labute approximate surface area is 235 Å². The number of hydrogen-bond acceptors (Lipinski definition) is 6. The molecule has 5 heterocycles. The van der Waals surface area contributed by atoms with E-state index < -0.39 is 6.04 Å². The van der Waals surface area contributed by atoms with E-state index in [2.05, 4.69) is 15.2 Å². The van der Waals surface area contributed by atoms with Crippen molar-refractivity contribution < 1.29 is 18.7 Å². The lowest BCUT2D eigenvalue weighted by molar-refractivity contribution is -0.132. The third kappa shape index (κ3) is 4.39. The van der Waals surface area contributed by atoms with Crippen LogP contribution in [0.15, 0.2) is 41.2 Å². The predicted octanol–water partition coefficient (Wildman–Crippen LogP) is 3.18. The number of likely N-dealkylation sites (tertiary alicyclic amines) is 2. The number of nitrogens with zero attached hydrogens (tertiary/aromatic N) is 5. The van der Waals surface area contributed by atoms with Crippen molar-refractivity contribution in [2.75, 3.05) is 26.3 Å². The van der Waals surface area contributed by atoms with Crippen molar-refractivity contribution in [2.45, 2.75) is 51.1 Å². The fourth-order valence-electron chi connectivity index (χ4n) is 6.79. The number of aryl methyl sites for hydroxylation is 1. The van der Waals surface area contributed by atoms with Gasteiger partial charge in [-0.1, -0.05) is 12.1 Å². The first-order valence-electron chi connectivity index (χ1n) is 14.2. The number of halogens is 1. The molecular weight excluding hydrogens is 527 g/mol. The van der Waals surface area contributed by atoms with Gasteiger partial charge in [0.1, 0.15) is 17.7 Å². The van der Waals surface area contributed by atoms with Crippen molar-refractivity contribution in [1.29, 1.82) is 0 Å². The van der Waals surface area contributed by atoms with Crippen molar-refractivity contribution in [1.82, 2.24) is 29.4 Å². The number of rotatable bonds is 4. The Kier molecular flexibility index (Phi) is 6.33. The molecule has 212 valence electrons. The molecule has 2 atom stereocenters. The van der Waals surface area contributed by atoms with Crippen molar-refractivity contribution in [3.8, 4) is 0 Å². The number of hydrogen-bond donors (Lipinski definition) is 1. The topological polar surface area (TPSA) is 113 Å². The molecule has 7 rings (SSSR count). The van der Waals surface area contributed by atoms with E-state index in [0.717, 1.165) is 31.2 Å². The van der Waals surface area contributed by atoms with Crippen LogP contribution in [0.5, 0.6) is 0 Å². The fourth-order valence-corrected chi connectivity index (χ4v) is 6.79. The van der Waals surface area contributed by atoms with Crippen LogP contribution in [-0.2, 0) is 16.1 Å². The van der Waals surface area contributed by atoms with E-state index in [9.17, 15) is 18.8 Å². The Morgan fingerprint density at radius 3 is 2.66 bits per heavy atom. The Morgan fingerprint density at radius 1 is 1.10 bits per heavy atom. The Morgan fingerprint density at radius 2 is 1.88 bits per heavy atom. The average molecular weight is 559 g/mol. The van der Waals surface area contributed by atoms with E-state index in [1.807, 2.05) is 13.0 Å². The van der Waals surface area contributed by atoms with Crippen LogP contribution in [0, 0.1) is 18.7 Å². The zero-order valence-electron chi connectivity index (χ0n) is 22.8. The van der Waals surface area contributed by atoms with Crippen LogP contribution < -0.4 is 5.56 Å². The predicted molar refractivity (Wildman–Crippen MR) is 148 cm³/mol. The largest absolute Gasteiger partial charge is 0.381 e. The molecule has 0 bridgehead atoms. The van der Waals surface area contributed by atoms with Crippen LogP contribution in [-0.4, -0.2) is 73.5 Å². The van der Waals surface area contributed by atoms with Crippen LogP contribution in [0.4, 0.5) is 4.39 Å². The molecule has 3 fully saturated rings. The first-order chi connectivity index (χ1) is 19.9. The maximum Gasteiger partial charge on any atom is 0.294 e. The van der Waals surface area contributed by atoms with Gasteiger partial charge in [-0.3, -0.25) is 18.8 Å². The van der Waals surface area contributed by atoms with Crippen LogP contribution in [0.2, 0.25) is 0 Å². The first kappa shape index (κ1) is 25.8. The highest BCUT2D eigenvalue weighted by atomic mass is 19.1. The van der Waals surface area contributed by atoms with Gasteiger partial charge >= 0.3 is 0 Å². The lowest BCUT2D eigenvalue weighted by Crippen LogP contribution is -2.50. The van der Waals surface area contributed by atoms with Gasteiger partial charge in [-0.05, 0) is 68.0 Å². The summed E-state index contributed by atoms with van der Waals surface area (Å²) in [7, 11) is 0. The van der Waals surface area contributed by atoms with E-state index >= 15 is 0 Å². The fraction of sp³-hybridized carbons (Fsp3) is 0.433. The molecule has 3 saturated heterocycles. The monoisotopic (exact) mass is 558 g/mol. The number of ether oxygens (including phenoxy) is 1. The maximum absolute atomic E-state index is 14.2. The van der Waals surface area contributed by atoms with Crippen LogP contribution in [0.25, 0.3) is 16.7 Å². The molecule has 3 aliphatic rings. The van der Waals surface area contributed by atoms with Gasteiger partial charge in [0, 0.05) is 50.2 Å². The number of H-pyrrole nitrogens is 1. The quantitative estimate of drug-likeness (QED) is 0.412. The summed E-state index contributed by atoms with van der Waals surface area (Å²) in [6.45, 7) is 4.53. The number of carbonyl (C=O) groups is 2. The summed E-state index contributed by atoms with van der Waals surface area (Å²) in [5, 5.41) is 8.58. The molecule has 11 heteroatoms. The molecule has 3 aliphatic heterocycles. The Balaban J connectivity index is 1.24. The Hall–Kier alpha value is -4.12. The second kappa shape index (κ2) is 10.1. The average Bonchev–Trinajstić information content (AvgIpc) is 3.56. The van der Waals surface area contributed by atoms with E-state index in [1.54, 1.807) is 32.4 Å². The maximum atomic E-state index is 14.2. The van der Waals surface area contributed by atoms with E-state index in [4.69, 9.17) is 4.74 Å². The van der Waals surface area contributed by atoms with Crippen LogP contribution in [0.1, 0.15) is 58.9 Å². The lowest BCUT2D eigenvalue weighted by Gasteiger charge is -2.36. The highest BCUT2D eigenvalue weighted by Crippen LogP contribution is 2.35. The molecule has 2 amide bonds. The second-order valence-corrected chi connectivity index (χ2v) is 11.4. The molecule has 0 radical (unpaired) electrons. The molecule has 41 heavy (non-hydrogen) atoms. The summed E-state index contributed by atoms with van der Waals surface area (Å²) in [5.41, 5.74) is 3.18. The summed E-state index contributed by atoms with van der Waals surface area (Å²) in [5.74, 6) is 0.250. The molecule has 0 aliphatic carbocycles. The van der Waals surface area contributed by atoms with Crippen molar-refractivity contribution in [3.05, 3.63) is 75.1 Å². The zero-order valence-corrected chi connectivity index (χ0v) is 22.8. The minimum Gasteiger partial charge on any atom is -0.381 e. The number of aromatic amines is 1. The van der Waals surface area contributed by atoms with E-state index in [1.165, 1.54) is 12.1 Å². The zero-order chi connectivity index (χ0) is 28.2. The minimum atomic E-state index is -0.532. The van der Waals surface area contributed by atoms with Gasteiger partial charge in [-0.15, -0.1) is 10.2 Å². The second-order valence-electron chi connectivity index (χ2n) is 11.4. The van der Waals surface area contributed by atoms with Gasteiger partial charge in [-0.25, -0.2) is 4.39 Å². The number of carbonyl (C=O) groups excluding carboxylic acids is 2. The molecule has 2 aromatic carbocycles. The van der Waals surface area contributed by atoms with Gasteiger partial charge in [-0.2, -0.15) is 0 Å². The molecular formula is C30H31FN6O4. The molecule has 1 N–H and O–H groups in total. The lowest BCUT2D eigenvalue weighted by atomic mass is 9.90. The van der Waals surface area contributed by atoms with Gasteiger partial charge < -0.3 is 19.5 Å². The van der Waals surface area contributed by atoms with Crippen molar-refractivity contribution >= 4 is 28.5 Å². The van der Waals surface area contributed by atoms with E-state index in [0.29, 0.717) is 60.8 Å². The third-order valence-electron chi connectivity index (χ3n) is 8.86. The highest BCUT2D eigenvalue weighted by Gasteiger charge is 2.47. The number of nitrogens with one attached hydrogen (secondary N) is 1. The molecule has 2 unspecified atom stereocenters. The summed E-state index contributed by atoms with van der Waals surface area (Å²) in [6, 6.07) is 9.27. The number of fused-ring (bicyclic) bond motifs is 4. The summed E-state index contributed by atoms with van der Waals surface area (Å²) in [6.07, 6.45) is 3.24. The smallest absolute Gasteiger partial charge is 0.294 e. The highest BCUT2D eigenvalue weighted by molar-refractivity contribution is 6.02. The van der Waals surface area contributed by atoms with Gasteiger partial charge in [0.15, 0.2) is 0 Å². The number of piperidine rings is 1. The molecule has 4 aromatic rings.